The fourth-order valence-corrected chi connectivity index (χ4v) is 4.43. The summed E-state index contributed by atoms with van der Waals surface area (Å²) in [7, 11) is 1.68. The summed E-state index contributed by atoms with van der Waals surface area (Å²) in [5.74, 6) is 0.100. The highest BCUT2D eigenvalue weighted by Crippen LogP contribution is 2.33. The van der Waals surface area contributed by atoms with Crippen molar-refractivity contribution in [2.24, 2.45) is 0 Å². The van der Waals surface area contributed by atoms with Gasteiger partial charge in [0.05, 0.1) is 12.7 Å². The zero-order valence-electron chi connectivity index (χ0n) is 20.5. The normalized spacial score (nSPS) is 11.8. The third-order valence-corrected chi connectivity index (χ3v) is 6.34. The van der Waals surface area contributed by atoms with Gasteiger partial charge >= 0.3 is 5.97 Å². The van der Waals surface area contributed by atoms with Crippen molar-refractivity contribution < 1.29 is 14.6 Å². The highest BCUT2D eigenvalue weighted by molar-refractivity contribution is 5.99. The number of methoxy groups -OCH3 is 1. The van der Waals surface area contributed by atoms with Gasteiger partial charge in [0.1, 0.15) is 5.75 Å². The Morgan fingerprint density at radius 1 is 0.943 bits per heavy atom. The minimum absolute atomic E-state index is 0. The number of carboxylic acids is 1. The zero-order valence-corrected chi connectivity index (χ0v) is 21.4. The maximum atomic E-state index is 12.0. The molecule has 0 aromatic heterocycles. The molecule has 4 aromatic carbocycles. The Morgan fingerprint density at radius 3 is 2.43 bits per heavy atom. The molecule has 0 amide bonds. The second-order valence-corrected chi connectivity index (χ2v) is 9.01. The average Bonchev–Trinajstić information content (AvgIpc) is 2.86. The van der Waals surface area contributed by atoms with Gasteiger partial charge in [0.25, 0.3) is 0 Å². The number of aromatic carboxylic acids is 1. The molecule has 0 aliphatic rings. The van der Waals surface area contributed by atoms with Crippen LogP contribution in [0.5, 0.6) is 5.75 Å². The maximum Gasteiger partial charge on any atom is 0.335 e. The molecular weight excluding hydrogens is 458 g/mol. The van der Waals surface area contributed by atoms with Gasteiger partial charge in [-0.25, -0.2) is 4.79 Å². The second kappa shape index (κ2) is 11.4. The van der Waals surface area contributed by atoms with Crippen LogP contribution in [0.3, 0.4) is 0 Å². The fourth-order valence-electron chi connectivity index (χ4n) is 4.43. The van der Waals surface area contributed by atoms with Crippen molar-refractivity contribution >= 4 is 29.1 Å². The van der Waals surface area contributed by atoms with E-state index in [4.69, 9.17) is 4.74 Å². The maximum absolute atomic E-state index is 12.0. The molecule has 0 radical (unpaired) electrons. The van der Waals surface area contributed by atoms with Crippen LogP contribution in [-0.2, 0) is 6.54 Å². The number of nitrogens with one attached hydrogen (secondary N) is 1. The molecule has 0 bridgehead atoms. The summed E-state index contributed by atoms with van der Waals surface area (Å²) in [4.78, 5) is 12.0. The van der Waals surface area contributed by atoms with Crippen molar-refractivity contribution in [1.29, 1.82) is 0 Å². The first-order valence-electron chi connectivity index (χ1n) is 11.6. The summed E-state index contributed by atoms with van der Waals surface area (Å²) >= 11 is 0. The van der Waals surface area contributed by atoms with Gasteiger partial charge in [-0.2, -0.15) is 0 Å². The number of halogens is 1. The Labute approximate surface area is 213 Å². The first kappa shape index (κ1) is 26.3. The average molecular weight is 490 g/mol. The van der Waals surface area contributed by atoms with Crippen molar-refractivity contribution in [1.82, 2.24) is 5.32 Å². The van der Waals surface area contributed by atoms with E-state index in [1.54, 1.807) is 7.11 Å². The van der Waals surface area contributed by atoms with Crippen LogP contribution >= 0.6 is 12.4 Å². The second-order valence-electron chi connectivity index (χ2n) is 9.01. The van der Waals surface area contributed by atoms with Crippen LogP contribution in [0.2, 0.25) is 0 Å². The lowest BCUT2D eigenvalue weighted by molar-refractivity contribution is 0.0695. The monoisotopic (exact) mass is 489 g/mol. The molecule has 4 rings (SSSR count). The van der Waals surface area contributed by atoms with E-state index >= 15 is 0 Å². The van der Waals surface area contributed by atoms with Crippen LogP contribution in [0, 0.1) is 0 Å². The molecule has 1 atom stereocenters. The summed E-state index contributed by atoms with van der Waals surface area (Å²) in [6, 6.07) is 26.7. The topological polar surface area (TPSA) is 58.6 Å². The number of ether oxygens (including phenoxy) is 1. The number of carbonyl (C=O) groups is 1. The predicted molar refractivity (Wildman–Crippen MR) is 146 cm³/mol. The van der Waals surface area contributed by atoms with Crippen LogP contribution in [-0.4, -0.2) is 18.2 Å². The van der Waals surface area contributed by atoms with E-state index in [9.17, 15) is 9.90 Å². The van der Waals surface area contributed by atoms with E-state index < -0.39 is 5.97 Å². The van der Waals surface area contributed by atoms with Gasteiger partial charge in [0.15, 0.2) is 0 Å². The highest BCUT2D eigenvalue weighted by atomic mass is 35.5. The lowest BCUT2D eigenvalue weighted by Gasteiger charge is -2.17. The number of hydrogen-bond donors (Lipinski definition) is 2. The first-order valence-corrected chi connectivity index (χ1v) is 11.6. The van der Waals surface area contributed by atoms with Crippen LogP contribution < -0.4 is 10.1 Å². The van der Waals surface area contributed by atoms with Gasteiger partial charge in [-0.3, -0.25) is 0 Å². The van der Waals surface area contributed by atoms with Crippen molar-refractivity contribution in [2.45, 2.75) is 39.3 Å². The number of carboxylic acid groups (broad SMARTS) is 1. The molecule has 2 N–H and O–H groups in total. The molecule has 4 aromatic rings. The minimum Gasteiger partial charge on any atom is -0.497 e. The molecule has 35 heavy (non-hydrogen) atoms. The first-order chi connectivity index (χ1) is 16.4. The predicted octanol–water partition coefficient (Wildman–Crippen LogP) is 7.61. The number of benzene rings is 4. The largest absolute Gasteiger partial charge is 0.497 e. The van der Waals surface area contributed by atoms with Crippen LogP contribution in [0.1, 0.15) is 59.8 Å². The van der Waals surface area contributed by atoms with E-state index in [1.165, 1.54) is 0 Å². The highest BCUT2D eigenvalue weighted by Gasteiger charge is 2.16. The Kier molecular flexibility index (Phi) is 8.55. The third-order valence-electron chi connectivity index (χ3n) is 6.34. The molecule has 4 nitrogen and oxygen atoms in total. The molecule has 0 fully saturated rings. The number of hydrogen-bond acceptors (Lipinski definition) is 3. The van der Waals surface area contributed by atoms with E-state index in [1.807, 2.05) is 62.4 Å². The summed E-state index contributed by atoms with van der Waals surface area (Å²) in [5, 5.41) is 15.7. The molecule has 0 spiro atoms. The summed E-state index contributed by atoms with van der Waals surface area (Å²) in [5.41, 5.74) is 5.49. The Balaban J connectivity index is 0.00000342. The minimum atomic E-state index is -0.889. The molecule has 0 heterocycles. The lowest BCUT2D eigenvalue weighted by atomic mass is 9.90. The number of fused-ring (bicyclic) bond motifs is 1. The van der Waals surface area contributed by atoms with Crippen molar-refractivity contribution in [3.8, 4) is 16.9 Å². The van der Waals surface area contributed by atoms with Crippen molar-refractivity contribution in [2.75, 3.05) is 7.11 Å². The fraction of sp³-hybridized carbons (Fsp3) is 0.233. The van der Waals surface area contributed by atoms with E-state index in [2.05, 4.69) is 42.6 Å². The van der Waals surface area contributed by atoms with Gasteiger partial charge in [0, 0.05) is 12.6 Å². The van der Waals surface area contributed by atoms with Crippen molar-refractivity contribution in [3.05, 3.63) is 101 Å². The lowest BCUT2D eigenvalue weighted by Crippen LogP contribution is -2.18. The standard InChI is InChI=1S/C30H31NO3.ClH/c1-19(2)26-13-12-24(17-29(26)30(32)33)28-15-21(14-23-8-5-6-11-27(23)28)18-31-20(3)22-9-7-10-25(16-22)34-4;/h5-17,19-20,31H,18H2,1-4H3,(H,32,33);1H. The Bertz CT molecular complexity index is 1330. The van der Waals surface area contributed by atoms with Gasteiger partial charge in [-0.15, -0.1) is 12.4 Å². The summed E-state index contributed by atoms with van der Waals surface area (Å²) in [6.45, 7) is 6.87. The van der Waals surface area contributed by atoms with Crippen LogP contribution in [0.4, 0.5) is 0 Å². The quantitative estimate of drug-likeness (QED) is 0.267. The van der Waals surface area contributed by atoms with E-state index in [-0.39, 0.29) is 24.4 Å². The van der Waals surface area contributed by atoms with E-state index in [0.29, 0.717) is 12.1 Å². The SMILES string of the molecule is COc1cccc(C(C)NCc2cc(-c3ccc(C(C)C)c(C(=O)O)c3)c3ccccc3c2)c1.Cl. The smallest absolute Gasteiger partial charge is 0.335 e. The molecule has 0 aliphatic heterocycles. The molecule has 0 saturated carbocycles. The molecule has 0 saturated heterocycles. The number of rotatable bonds is 8. The molecule has 5 heteroatoms. The van der Waals surface area contributed by atoms with Gasteiger partial charge in [0.2, 0.25) is 0 Å². The van der Waals surface area contributed by atoms with Gasteiger partial charge < -0.3 is 15.2 Å². The van der Waals surface area contributed by atoms with Crippen molar-refractivity contribution in [3.63, 3.8) is 0 Å². The summed E-state index contributed by atoms with van der Waals surface area (Å²) < 4.78 is 5.36. The Hall–Kier alpha value is -3.34. The third kappa shape index (κ3) is 5.84. The van der Waals surface area contributed by atoms with Gasteiger partial charge in [-0.1, -0.05) is 62.4 Å². The Morgan fingerprint density at radius 2 is 1.71 bits per heavy atom. The zero-order chi connectivity index (χ0) is 24.2. The van der Waals surface area contributed by atoms with Gasteiger partial charge in [-0.05, 0) is 81.8 Å². The van der Waals surface area contributed by atoms with Crippen LogP contribution in [0.15, 0.2) is 78.9 Å². The van der Waals surface area contributed by atoms with Crippen LogP contribution in [0.25, 0.3) is 21.9 Å². The molecule has 1 unspecified atom stereocenters. The molecule has 0 aliphatic carbocycles. The summed E-state index contributed by atoms with van der Waals surface area (Å²) in [6.07, 6.45) is 0. The molecular formula is C30H32ClNO3. The van der Waals surface area contributed by atoms with E-state index in [0.717, 1.165) is 44.3 Å². The molecule has 182 valence electrons.